The van der Waals surface area contributed by atoms with Crippen molar-refractivity contribution in [1.82, 2.24) is 9.80 Å². The molecule has 0 bridgehead atoms. The molecule has 0 fully saturated rings. The van der Waals surface area contributed by atoms with Crippen LogP contribution in [0.2, 0.25) is 0 Å². The second-order valence-corrected chi connectivity index (χ2v) is 2.52. The topological polar surface area (TPSA) is 6.48 Å². The molecule has 9 heavy (non-hydrogen) atoms. The molecule has 0 aromatic heterocycles. The Morgan fingerprint density at radius 2 is 2.22 bits per heavy atom. The molecule has 0 aromatic rings. The van der Waals surface area contributed by atoms with E-state index in [-0.39, 0.29) is 0 Å². The first-order chi connectivity index (χ1) is 4.22. The summed E-state index contributed by atoms with van der Waals surface area (Å²) in [6.07, 6.45) is 4.07. The third kappa shape index (κ3) is 1.21. The van der Waals surface area contributed by atoms with E-state index in [2.05, 4.69) is 6.08 Å². The van der Waals surface area contributed by atoms with Crippen LogP contribution in [0.25, 0.3) is 0 Å². The van der Waals surface area contributed by atoms with Crippen LogP contribution in [0.15, 0.2) is 12.3 Å². The lowest BCUT2D eigenvalue weighted by molar-refractivity contribution is 0.468. The van der Waals surface area contributed by atoms with Crippen molar-refractivity contribution in [1.29, 1.82) is 0 Å². The Morgan fingerprint density at radius 1 is 1.56 bits per heavy atom. The van der Waals surface area contributed by atoms with Crippen molar-refractivity contribution in [2.45, 2.75) is 0 Å². The van der Waals surface area contributed by atoms with Crippen LogP contribution in [-0.4, -0.2) is 35.6 Å². The highest BCUT2D eigenvalue weighted by molar-refractivity contribution is 7.80. The molecule has 0 aliphatic carbocycles. The molecule has 0 atom stereocenters. The lowest BCUT2D eigenvalue weighted by Crippen LogP contribution is -2.38. The Bertz CT molecular complexity index is 153. The highest BCUT2D eigenvalue weighted by Crippen LogP contribution is 2.00. The maximum atomic E-state index is 5.05. The van der Waals surface area contributed by atoms with E-state index in [0.29, 0.717) is 0 Å². The zero-order valence-electron chi connectivity index (χ0n) is 5.66. The Balaban J connectivity index is 2.69. The molecule has 3 heteroatoms. The fourth-order valence-electron chi connectivity index (χ4n) is 0.774. The first-order valence-corrected chi connectivity index (χ1v) is 3.27. The van der Waals surface area contributed by atoms with Crippen molar-refractivity contribution >= 4 is 17.3 Å². The number of nitrogens with zero attached hydrogens (tertiary/aromatic N) is 2. The highest BCUT2D eigenvalue weighted by Gasteiger charge is 2.08. The van der Waals surface area contributed by atoms with Gasteiger partial charge < -0.3 is 9.80 Å². The summed E-state index contributed by atoms with van der Waals surface area (Å²) in [5.41, 5.74) is 0. The molecule has 50 valence electrons. The number of rotatable bonds is 0. The number of likely N-dealkylation sites (N-methyl/N-ethyl adjacent to an activating group) is 1. The van der Waals surface area contributed by atoms with Gasteiger partial charge in [0.1, 0.15) is 0 Å². The Labute approximate surface area is 60.7 Å². The normalized spacial score (nSPS) is 19.1. The van der Waals surface area contributed by atoms with E-state index in [1.165, 1.54) is 0 Å². The first kappa shape index (κ1) is 6.55. The fourth-order valence-corrected chi connectivity index (χ4v) is 0.910. The van der Waals surface area contributed by atoms with E-state index in [1.807, 2.05) is 30.1 Å². The van der Waals surface area contributed by atoms with Crippen molar-refractivity contribution < 1.29 is 0 Å². The molecular weight excluding hydrogens is 132 g/mol. The molecule has 1 heterocycles. The predicted molar refractivity (Wildman–Crippen MR) is 42.1 cm³/mol. The lowest BCUT2D eigenvalue weighted by atomic mass is 10.4. The van der Waals surface area contributed by atoms with Gasteiger partial charge in [0.25, 0.3) is 0 Å². The van der Waals surface area contributed by atoms with Crippen LogP contribution in [0.3, 0.4) is 0 Å². The summed E-state index contributed by atoms with van der Waals surface area (Å²) in [5, 5.41) is 0.887. The lowest BCUT2D eigenvalue weighted by Gasteiger charge is -2.28. The molecule has 1 rings (SSSR count). The predicted octanol–water partition coefficient (Wildman–Crippen LogP) is 0.662. The molecule has 0 saturated carbocycles. The van der Waals surface area contributed by atoms with E-state index in [0.717, 1.165) is 11.7 Å². The average molecular weight is 142 g/mol. The summed E-state index contributed by atoms with van der Waals surface area (Å²) in [6.45, 7) is 0.934. The fraction of sp³-hybridized carbons (Fsp3) is 0.500. The largest absolute Gasteiger partial charge is 0.348 e. The number of hydrogen-bond acceptors (Lipinski definition) is 1. The third-order valence-electron chi connectivity index (χ3n) is 1.34. The summed E-state index contributed by atoms with van der Waals surface area (Å²) in [6, 6.07) is 0. The molecule has 0 radical (unpaired) electrons. The maximum Gasteiger partial charge on any atom is 0.175 e. The second-order valence-electron chi connectivity index (χ2n) is 2.16. The van der Waals surface area contributed by atoms with Crippen LogP contribution < -0.4 is 0 Å². The van der Waals surface area contributed by atoms with Crippen LogP contribution in [0.5, 0.6) is 0 Å². The molecule has 0 amide bonds. The third-order valence-corrected chi connectivity index (χ3v) is 1.94. The van der Waals surface area contributed by atoms with Crippen molar-refractivity contribution in [3.63, 3.8) is 0 Å². The monoisotopic (exact) mass is 142 g/mol. The quantitative estimate of drug-likeness (QED) is 0.459. The van der Waals surface area contributed by atoms with E-state index in [9.17, 15) is 0 Å². The summed E-state index contributed by atoms with van der Waals surface area (Å²) in [5.74, 6) is 0. The van der Waals surface area contributed by atoms with E-state index < -0.39 is 0 Å². The zero-order valence-corrected chi connectivity index (χ0v) is 6.48. The van der Waals surface area contributed by atoms with Gasteiger partial charge in [0.2, 0.25) is 0 Å². The SMILES string of the molecule is CN1C=CCN(C)C1=S. The first-order valence-electron chi connectivity index (χ1n) is 2.86. The molecule has 0 aromatic carbocycles. The van der Waals surface area contributed by atoms with E-state index in [1.54, 1.807) is 0 Å². The maximum absolute atomic E-state index is 5.05. The molecule has 0 spiro atoms. The van der Waals surface area contributed by atoms with Crippen molar-refractivity contribution in [3.8, 4) is 0 Å². The molecule has 1 aliphatic heterocycles. The Kier molecular flexibility index (Phi) is 1.71. The van der Waals surface area contributed by atoms with Gasteiger partial charge in [0.15, 0.2) is 5.11 Å². The van der Waals surface area contributed by atoms with Crippen LogP contribution in [-0.2, 0) is 0 Å². The van der Waals surface area contributed by atoms with Gasteiger partial charge in [-0.15, -0.1) is 0 Å². The van der Waals surface area contributed by atoms with Crippen LogP contribution in [0.4, 0.5) is 0 Å². The van der Waals surface area contributed by atoms with E-state index in [4.69, 9.17) is 12.2 Å². The van der Waals surface area contributed by atoms with Crippen LogP contribution >= 0.6 is 12.2 Å². The van der Waals surface area contributed by atoms with Gasteiger partial charge in [0.05, 0.1) is 0 Å². The summed E-state index contributed by atoms with van der Waals surface area (Å²) in [7, 11) is 3.94. The molecule has 1 aliphatic rings. The average Bonchev–Trinajstić information content (AvgIpc) is 1.83. The summed E-state index contributed by atoms with van der Waals surface area (Å²) >= 11 is 5.05. The van der Waals surface area contributed by atoms with Crippen molar-refractivity contribution in [2.75, 3.05) is 20.6 Å². The van der Waals surface area contributed by atoms with Crippen LogP contribution in [0, 0.1) is 0 Å². The molecule has 0 unspecified atom stereocenters. The van der Waals surface area contributed by atoms with Gasteiger partial charge >= 0.3 is 0 Å². The van der Waals surface area contributed by atoms with Crippen molar-refractivity contribution in [2.24, 2.45) is 0 Å². The Morgan fingerprint density at radius 3 is 2.67 bits per heavy atom. The molecular formula is C6H10N2S. The zero-order chi connectivity index (χ0) is 6.85. The van der Waals surface area contributed by atoms with Gasteiger partial charge in [-0.1, -0.05) is 0 Å². The standard InChI is InChI=1S/C6H10N2S/c1-7-4-3-5-8(2)6(7)9/h3-4H,5H2,1-2H3. The summed E-state index contributed by atoms with van der Waals surface area (Å²) in [4.78, 5) is 3.95. The second kappa shape index (κ2) is 2.35. The number of hydrogen-bond donors (Lipinski definition) is 0. The summed E-state index contributed by atoms with van der Waals surface area (Å²) < 4.78 is 0. The highest BCUT2D eigenvalue weighted by atomic mass is 32.1. The minimum atomic E-state index is 0.887. The van der Waals surface area contributed by atoms with Gasteiger partial charge in [-0.05, 0) is 18.3 Å². The molecule has 0 N–H and O–H groups in total. The number of thiocarbonyl (C=S) groups is 1. The molecule has 0 saturated heterocycles. The van der Waals surface area contributed by atoms with Gasteiger partial charge in [-0.25, -0.2) is 0 Å². The van der Waals surface area contributed by atoms with E-state index >= 15 is 0 Å². The minimum absolute atomic E-state index is 0.887. The minimum Gasteiger partial charge on any atom is -0.348 e. The van der Waals surface area contributed by atoms with Crippen LogP contribution in [0.1, 0.15) is 0 Å². The Hall–Kier alpha value is -0.570. The van der Waals surface area contributed by atoms with Crippen molar-refractivity contribution in [3.05, 3.63) is 12.3 Å². The molecule has 2 nitrogen and oxygen atoms in total. The smallest absolute Gasteiger partial charge is 0.175 e. The van der Waals surface area contributed by atoms with Gasteiger partial charge in [-0.2, -0.15) is 0 Å². The van der Waals surface area contributed by atoms with Gasteiger partial charge in [0, 0.05) is 26.8 Å². The van der Waals surface area contributed by atoms with Gasteiger partial charge in [-0.3, -0.25) is 0 Å².